The highest BCUT2D eigenvalue weighted by Gasteiger charge is 2.20. The molecule has 192 valence electrons. The van der Waals surface area contributed by atoms with Gasteiger partial charge in [-0.2, -0.15) is 0 Å². The van der Waals surface area contributed by atoms with E-state index in [9.17, 15) is 13.2 Å². The van der Waals surface area contributed by atoms with Crippen LogP contribution in [0.5, 0.6) is 5.75 Å². The van der Waals surface area contributed by atoms with Gasteiger partial charge in [0.15, 0.2) is 0 Å². The fourth-order valence-corrected chi connectivity index (χ4v) is 5.11. The number of anilines is 1. The maximum Gasteiger partial charge on any atom is 0.251 e. The summed E-state index contributed by atoms with van der Waals surface area (Å²) in [6.45, 7) is 3.06. The number of nitrogens with zero attached hydrogens (tertiary/aromatic N) is 1. The van der Waals surface area contributed by atoms with Gasteiger partial charge in [0.05, 0.1) is 25.0 Å². The summed E-state index contributed by atoms with van der Waals surface area (Å²) in [5.41, 5.74) is 3.19. The number of hydrogen-bond donors (Lipinski definition) is 1. The topological polar surface area (TPSA) is 75.7 Å². The molecule has 0 bridgehead atoms. The van der Waals surface area contributed by atoms with E-state index in [2.05, 4.69) is 24.4 Å². The number of nitrogens with one attached hydrogen (secondary N) is 1. The van der Waals surface area contributed by atoms with Crippen LogP contribution >= 0.6 is 0 Å². The monoisotopic (exact) mass is 516 g/mol. The maximum atomic E-state index is 12.7. The van der Waals surface area contributed by atoms with Crippen molar-refractivity contribution in [1.29, 1.82) is 0 Å². The van der Waals surface area contributed by atoms with Gasteiger partial charge in [0, 0.05) is 10.9 Å². The van der Waals surface area contributed by atoms with Gasteiger partial charge < -0.3 is 10.1 Å². The molecule has 0 aliphatic rings. The lowest BCUT2D eigenvalue weighted by Gasteiger charge is -2.24. The highest BCUT2D eigenvalue weighted by Crippen LogP contribution is 2.29. The molecule has 4 aromatic rings. The highest BCUT2D eigenvalue weighted by atomic mass is 32.2. The zero-order valence-electron chi connectivity index (χ0n) is 21.2. The quantitative estimate of drug-likeness (QED) is 0.265. The van der Waals surface area contributed by atoms with E-state index in [4.69, 9.17) is 4.74 Å². The van der Waals surface area contributed by atoms with Crippen LogP contribution in [-0.2, 0) is 23.0 Å². The van der Waals surface area contributed by atoms with Crippen LogP contribution in [0.15, 0.2) is 91.0 Å². The number of carbonyl (C=O) groups is 1. The molecule has 1 N–H and O–H groups in total. The van der Waals surface area contributed by atoms with Gasteiger partial charge in [-0.15, -0.1) is 0 Å². The van der Waals surface area contributed by atoms with E-state index in [1.807, 2.05) is 54.6 Å². The van der Waals surface area contributed by atoms with Crippen LogP contribution in [0, 0.1) is 0 Å². The second-order valence-corrected chi connectivity index (χ2v) is 10.9. The van der Waals surface area contributed by atoms with Crippen molar-refractivity contribution in [2.75, 3.05) is 23.7 Å². The van der Waals surface area contributed by atoms with Crippen LogP contribution in [0.4, 0.5) is 5.69 Å². The normalized spacial score (nSPS) is 11.3. The minimum atomic E-state index is -3.54. The van der Waals surface area contributed by atoms with E-state index in [-0.39, 0.29) is 12.5 Å². The van der Waals surface area contributed by atoms with E-state index in [0.717, 1.165) is 34.9 Å². The molecule has 0 saturated heterocycles. The number of hydrogen-bond acceptors (Lipinski definition) is 4. The molecule has 0 radical (unpaired) electrons. The summed E-state index contributed by atoms with van der Waals surface area (Å²) in [6.07, 6.45) is 3.36. The van der Waals surface area contributed by atoms with Gasteiger partial charge in [-0.1, -0.05) is 74.0 Å². The zero-order chi connectivity index (χ0) is 26.3. The van der Waals surface area contributed by atoms with Crippen LogP contribution in [0.3, 0.4) is 0 Å². The Labute approximate surface area is 218 Å². The Morgan fingerprint density at radius 1 is 0.865 bits per heavy atom. The Hall–Kier alpha value is -3.84. The Balaban J connectivity index is 1.36. The van der Waals surface area contributed by atoms with Gasteiger partial charge in [0.1, 0.15) is 12.4 Å². The molecule has 0 fully saturated rings. The first-order chi connectivity index (χ1) is 17.8. The number of carbonyl (C=O) groups excluding carboxylic acids is 1. The van der Waals surface area contributed by atoms with Gasteiger partial charge in [-0.25, -0.2) is 8.42 Å². The number of rotatable bonds is 11. The van der Waals surface area contributed by atoms with Gasteiger partial charge in [-0.3, -0.25) is 9.10 Å². The third-order valence-corrected chi connectivity index (χ3v) is 7.22. The lowest BCUT2D eigenvalue weighted by atomic mass is 10.1. The first kappa shape index (κ1) is 26.2. The van der Waals surface area contributed by atoms with E-state index in [1.54, 1.807) is 24.3 Å². The summed E-state index contributed by atoms with van der Waals surface area (Å²) in [7, 11) is -3.54. The Morgan fingerprint density at radius 2 is 1.54 bits per heavy atom. The van der Waals surface area contributed by atoms with Crippen molar-refractivity contribution in [2.24, 2.45) is 0 Å². The van der Waals surface area contributed by atoms with Crippen molar-refractivity contribution in [3.8, 4) is 5.75 Å². The van der Waals surface area contributed by atoms with Gasteiger partial charge in [-0.05, 0) is 53.3 Å². The van der Waals surface area contributed by atoms with Crippen molar-refractivity contribution >= 4 is 32.4 Å². The van der Waals surface area contributed by atoms with E-state index >= 15 is 0 Å². The number of benzene rings is 4. The summed E-state index contributed by atoms with van der Waals surface area (Å²) in [4.78, 5) is 12.6. The van der Waals surface area contributed by atoms with Gasteiger partial charge >= 0.3 is 0 Å². The average molecular weight is 517 g/mol. The summed E-state index contributed by atoms with van der Waals surface area (Å²) in [6, 6.07) is 28.3. The van der Waals surface area contributed by atoms with Crippen LogP contribution in [-0.4, -0.2) is 33.7 Å². The molecule has 0 heterocycles. The number of fused-ring (bicyclic) bond motifs is 1. The molecule has 7 heteroatoms. The SMILES string of the molecule is CCCc1ccc(OCCNC(=O)c2ccc(CN(c3cccc4ccccc34)S(C)(=O)=O)cc2)cc1. The summed E-state index contributed by atoms with van der Waals surface area (Å²) in [5, 5.41) is 4.70. The first-order valence-electron chi connectivity index (χ1n) is 12.4. The van der Waals surface area contributed by atoms with Crippen molar-refractivity contribution in [3.05, 3.63) is 108 Å². The minimum Gasteiger partial charge on any atom is -0.492 e. The Bertz CT molecular complexity index is 1440. The second kappa shape index (κ2) is 11.9. The van der Waals surface area contributed by atoms with Crippen molar-refractivity contribution in [1.82, 2.24) is 5.32 Å². The third-order valence-electron chi connectivity index (χ3n) is 6.10. The van der Waals surface area contributed by atoms with E-state index < -0.39 is 10.0 Å². The molecule has 0 atom stereocenters. The van der Waals surface area contributed by atoms with Crippen molar-refractivity contribution in [3.63, 3.8) is 0 Å². The molecular formula is C30H32N2O4S. The molecule has 37 heavy (non-hydrogen) atoms. The predicted molar refractivity (Wildman–Crippen MR) is 150 cm³/mol. The Morgan fingerprint density at radius 3 is 2.24 bits per heavy atom. The first-order valence-corrected chi connectivity index (χ1v) is 14.2. The minimum absolute atomic E-state index is 0.166. The fourth-order valence-electron chi connectivity index (χ4n) is 4.21. The number of sulfonamides is 1. The lowest BCUT2D eigenvalue weighted by Crippen LogP contribution is -2.30. The van der Waals surface area contributed by atoms with E-state index in [0.29, 0.717) is 24.4 Å². The highest BCUT2D eigenvalue weighted by molar-refractivity contribution is 7.92. The lowest BCUT2D eigenvalue weighted by molar-refractivity contribution is 0.0947. The van der Waals surface area contributed by atoms with Crippen molar-refractivity contribution in [2.45, 2.75) is 26.3 Å². The van der Waals surface area contributed by atoms with Crippen molar-refractivity contribution < 1.29 is 17.9 Å². The molecule has 0 spiro atoms. The molecule has 0 aromatic heterocycles. The summed E-state index contributed by atoms with van der Waals surface area (Å²) < 4.78 is 32.5. The molecule has 0 saturated carbocycles. The third kappa shape index (κ3) is 6.89. The average Bonchev–Trinajstić information content (AvgIpc) is 2.90. The molecule has 6 nitrogen and oxygen atoms in total. The van der Waals surface area contributed by atoms with Crippen LogP contribution < -0.4 is 14.4 Å². The number of ether oxygens (including phenoxy) is 1. The Kier molecular flexibility index (Phi) is 8.46. The maximum absolute atomic E-state index is 12.7. The summed E-state index contributed by atoms with van der Waals surface area (Å²) in [5.74, 6) is 0.572. The van der Waals surface area contributed by atoms with Crippen LogP contribution in [0.2, 0.25) is 0 Å². The number of amides is 1. The van der Waals surface area contributed by atoms with Crippen LogP contribution in [0.25, 0.3) is 10.8 Å². The molecule has 0 aliphatic carbocycles. The molecule has 4 aromatic carbocycles. The smallest absolute Gasteiger partial charge is 0.251 e. The summed E-state index contributed by atoms with van der Waals surface area (Å²) >= 11 is 0. The van der Waals surface area contributed by atoms with Gasteiger partial charge in [0.2, 0.25) is 10.0 Å². The number of aryl methyl sites for hydroxylation is 1. The fraction of sp³-hybridized carbons (Fsp3) is 0.233. The standard InChI is InChI=1S/C30H32N2O4S/c1-3-7-23-14-18-27(19-15-23)36-21-20-31-30(33)26-16-12-24(13-17-26)22-32(37(2,34)35)29-11-6-9-25-8-4-5-10-28(25)29/h4-6,8-19H,3,7,20-22H2,1-2H3,(H,31,33). The molecular weight excluding hydrogens is 484 g/mol. The molecule has 0 aliphatic heterocycles. The largest absolute Gasteiger partial charge is 0.492 e. The molecule has 0 unspecified atom stereocenters. The second-order valence-electron chi connectivity index (χ2n) is 8.96. The molecule has 1 amide bonds. The van der Waals surface area contributed by atoms with Crippen LogP contribution in [0.1, 0.15) is 34.8 Å². The van der Waals surface area contributed by atoms with E-state index in [1.165, 1.54) is 16.1 Å². The molecule has 4 rings (SSSR count). The predicted octanol–water partition coefficient (Wildman–Crippen LogP) is 5.57. The zero-order valence-corrected chi connectivity index (χ0v) is 22.0. The van der Waals surface area contributed by atoms with Gasteiger partial charge in [0.25, 0.3) is 5.91 Å².